The summed E-state index contributed by atoms with van der Waals surface area (Å²) in [5.74, 6) is -0.644. The van der Waals surface area contributed by atoms with Crippen LogP contribution >= 0.6 is 7.82 Å². The van der Waals surface area contributed by atoms with Gasteiger partial charge in [0.05, 0.1) is 13.2 Å². The number of nitrogens with one attached hydrogen (secondary N) is 1. The maximum atomic E-state index is 11.9. The maximum absolute atomic E-state index is 11.9. The number of esters is 1. The second kappa shape index (κ2) is 31.2. The second-order valence-corrected chi connectivity index (χ2v) is 11.5. The fourth-order valence-corrected chi connectivity index (χ4v) is 4.22. The molecule has 0 aromatic rings. The molecule has 0 saturated heterocycles. The van der Waals surface area contributed by atoms with Gasteiger partial charge in [-0.15, -0.1) is 0 Å². The average molecular weight is 650 g/mol. The molecule has 1 amide bonds. The minimum atomic E-state index is -4.40. The fraction of sp³-hybridized carbons (Fsp3) is 0.543. The molecule has 0 aromatic carbocycles. The highest BCUT2D eigenvalue weighted by Gasteiger charge is 2.23. The highest BCUT2D eigenvalue weighted by Crippen LogP contribution is 2.42. The number of hydrogen-bond donors (Lipinski definition) is 3. The van der Waals surface area contributed by atoms with Gasteiger partial charge in [0, 0.05) is 19.4 Å². The van der Waals surface area contributed by atoms with Crippen molar-refractivity contribution in [1.29, 1.82) is 0 Å². The molecule has 0 spiro atoms. The molecule has 2 atom stereocenters. The SMILES string of the molecule is CC/C=C\C/C=C\C/C=C\C/C=C\C/C=C\C/C=C\C/C=C\CCCC(=O)NCCOP(=O)(O)OCC(O)COC(=O)CCC. The van der Waals surface area contributed by atoms with Crippen molar-refractivity contribution in [2.24, 2.45) is 0 Å². The Morgan fingerprint density at radius 2 is 1.20 bits per heavy atom. The number of carbonyl (C=O) groups is 2. The molecule has 0 aromatic heterocycles. The van der Waals surface area contributed by atoms with E-state index in [9.17, 15) is 24.2 Å². The van der Waals surface area contributed by atoms with E-state index in [4.69, 9.17) is 9.26 Å². The topological polar surface area (TPSA) is 131 Å². The lowest BCUT2D eigenvalue weighted by atomic mass is 10.2. The van der Waals surface area contributed by atoms with Crippen LogP contribution in [0.3, 0.4) is 0 Å². The lowest BCUT2D eigenvalue weighted by Crippen LogP contribution is -2.27. The van der Waals surface area contributed by atoms with Crippen LogP contribution in [0.2, 0.25) is 0 Å². The number of aliphatic hydroxyl groups excluding tert-OH is 1. The van der Waals surface area contributed by atoms with Crippen LogP contribution in [0.15, 0.2) is 85.1 Å². The largest absolute Gasteiger partial charge is 0.472 e. The van der Waals surface area contributed by atoms with E-state index in [0.29, 0.717) is 19.3 Å². The summed E-state index contributed by atoms with van der Waals surface area (Å²) in [5, 5.41) is 12.3. The first-order valence-electron chi connectivity index (χ1n) is 16.1. The number of phosphoric ester groups is 1. The Kier molecular flexibility index (Phi) is 29.2. The van der Waals surface area contributed by atoms with Crippen LogP contribution in [0.4, 0.5) is 0 Å². The van der Waals surface area contributed by atoms with Gasteiger partial charge in [-0.3, -0.25) is 18.6 Å². The average Bonchev–Trinajstić information content (AvgIpc) is 3.01. The van der Waals surface area contributed by atoms with E-state index < -0.39 is 26.5 Å². The van der Waals surface area contributed by atoms with Crippen LogP contribution in [-0.2, 0) is 27.9 Å². The number of allylic oxidation sites excluding steroid dienone is 14. The Bertz CT molecular complexity index is 1010. The summed E-state index contributed by atoms with van der Waals surface area (Å²) in [5.41, 5.74) is 0. The molecule has 9 nitrogen and oxygen atoms in total. The Morgan fingerprint density at radius 1 is 0.711 bits per heavy atom. The Morgan fingerprint density at radius 3 is 1.69 bits per heavy atom. The van der Waals surface area contributed by atoms with E-state index in [1.807, 2.05) is 6.92 Å². The predicted octanol–water partition coefficient (Wildman–Crippen LogP) is 7.75. The van der Waals surface area contributed by atoms with Crippen molar-refractivity contribution in [2.45, 2.75) is 97.0 Å². The van der Waals surface area contributed by atoms with Crippen molar-refractivity contribution in [3.05, 3.63) is 85.1 Å². The van der Waals surface area contributed by atoms with Crippen molar-refractivity contribution in [1.82, 2.24) is 5.32 Å². The van der Waals surface area contributed by atoms with E-state index in [-0.39, 0.29) is 32.1 Å². The van der Waals surface area contributed by atoms with E-state index in [1.165, 1.54) is 0 Å². The number of aliphatic hydroxyl groups is 1. The summed E-state index contributed by atoms with van der Waals surface area (Å²) >= 11 is 0. The van der Waals surface area contributed by atoms with E-state index in [0.717, 1.165) is 51.4 Å². The fourth-order valence-electron chi connectivity index (χ4n) is 3.46. The van der Waals surface area contributed by atoms with Gasteiger partial charge in [-0.2, -0.15) is 0 Å². The predicted molar refractivity (Wildman–Crippen MR) is 182 cm³/mol. The molecule has 0 aliphatic heterocycles. The number of hydrogen-bond acceptors (Lipinski definition) is 7. The third-order valence-electron chi connectivity index (χ3n) is 5.81. The Hall–Kier alpha value is -2.81. The van der Waals surface area contributed by atoms with Crippen LogP contribution in [-0.4, -0.2) is 54.3 Å². The summed E-state index contributed by atoms with van der Waals surface area (Å²) < 4.78 is 26.1. The van der Waals surface area contributed by atoms with Crippen LogP contribution < -0.4 is 5.32 Å². The lowest BCUT2D eigenvalue weighted by Gasteiger charge is -2.15. The number of unbranched alkanes of at least 4 members (excludes halogenated alkanes) is 1. The van der Waals surface area contributed by atoms with Gasteiger partial charge >= 0.3 is 13.8 Å². The highest BCUT2D eigenvalue weighted by molar-refractivity contribution is 7.47. The highest BCUT2D eigenvalue weighted by atomic mass is 31.2. The molecule has 0 heterocycles. The van der Waals surface area contributed by atoms with Crippen molar-refractivity contribution >= 4 is 19.7 Å². The molecule has 0 bridgehead atoms. The molecule has 0 fully saturated rings. The molecule has 10 heteroatoms. The van der Waals surface area contributed by atoms with Gasteiger partial charge in [0.1, 0.15) is 12.7 Å². The van der Waals surface area contributed by atoms with Gasteiger partial charge in [-0.1, -0.05) is 98.9 Å². The van der Waals surface area contributed by atoms with Gasteiger partial charge in [-0.25, -0.2) is 4.57 Å². The maximum Gasteiger partial charge on any atom is 0.472 e. The number of carbonyl (C=O) groups excluding carboxylic acids is 2. The van der Waals surface area contributed by atoms with Crippen LogP contribution in [0.25, 0.3) is 0 Å². The zero-order valence-electron chi connectivity index (χ0n) is 27.3. The first kappa shape index (κ1) is 42.2. The van der Waals surface area contributed by atoms with Crippen LogP contribution in [0.1, 0.15) is 90.9 Å². The molecule has 254 valence electrons. The number of rotatable bonds is 28. The standard InChI is InChI=1S/C35H56NO8P/c1-3-5-6-7-8-9-10-11-12-13-14-15-16-17-18-19-20-21-22-23-24-25-26-28-34(38)36-29-30-43-45(40,41)44-32-33(37)31-42-35(39)27-4-2/h5-6,8-9,11-12,14-15,17-18,20-21,23-24,33,37H,3-4,7,10,13,16,19,22,25-32H2,1-2H3,(H,36,38)(H,40,41)/b6-5-,9-8-,12-11-,15-14-,18-17-,21-20-,24-23-. The number of ether oxygens (including phenoxy) is 1. The molecule has 0 radical (unpaired) electrons. The van der Waals surface area contributed by atoms with Gasteiger partial charge in [0.15, 0.2) is 0 Å². The smallest absolute Gasteiger partial charge is 0.463 e. The van der Waals surface area contributed by atoms with Gasteiger partial charge in [-0.05, 0) is 64.2 Å². The normalized spacial score (nSPS) is 14.7. The van der Waals surface area contributed by atoms with Crippen molar-refractivity contribution < 1.29 is 37.9 Å². The monoisotopic (exact) mass is 649 g/mol. The number of amides is 1. The Labute approximate surface area is 271 Å². The zero-order chi connectivity index (χ0) is 33.3. The van der Waals surface area contributed by atoms with E-state index in [2.05, 4.69) is 102 Å². The Balaban J connectivity index is 3.74. The molecule has 0 rings (SSSR count). The minimum absolute atomic E-state index is 0.0441. The number of phosphoric acid groups is 1. The molecule has 2 unspecified atom stereocenters. The summed E-state index contributed by atoms with van der Waals surface area (Å²) in [7, 11) is -4.40. The molecule has 0 saturated carbocycles. The van der Waals surface area contributed by atoms with Gasteiger partial charge < -0.3 is 20.1 Å². The summed E-state index contributed by atoms with van der Waals surface area (Å²) in [6.07, 6.45) is 38.4. The van der Waals surface area contributed by atoms with E-state index >= 15 is 0 Å². The molecule has 45 heavy (non-hydrogen) atoms. The zero-order valence-corrected chi connectivity index (χ0v) is 28.2. The molecule has 3 N–H and O–H groups in total. The quantitative estimate of drug-likeness (QED) is 0.0339. The van der Waals surface area contributed by atoms with Crippen molar-refractivity contribution in [3.63, 3.8) is 0 Å². The van der Waals surface area contributed by atoms with Gasteiger partial charge in [0.2, 0.25) is 5.91 Å². The third-order valence-corrected chi connectivity index (χ3v) is 6.79. The third kappa shape index (κ3) is 32.4. The second-order valence-electron chi connectivity index (χ2n) is 10.0. The molecular formula is C35H56NO8P. The van der Waals surface area contributed by atoms with Crippen LogP contribution in [0.5, 0.6) is 0 Å². The minimum Gasteiger partial charge on any atom is -0.463 e. The van der Waals surface area contributed by atoms with Crippen molar-refractivity contribution in [3.8, 4) is 0 Å². The lowest BCUT2D eigenvalue weighted by molar-refractivity contribution is -0.147. The van der Waals surface area contributed by atoms with Gasteiger partial charge in [0.25, 0.3) is 0 Å². The summed E-state index contributed by atoms with van der Waals surface area (Å²) in [6.45, 7) is 2.90. The summed E-state index contributed by atoms with van der Waals surface area (Å²) in [4.78, 5) is 32.8. The first-order chi connectivity index (χ1) is 21.8. The van der Waals surface area contributed by atoms with Crippen LogP contribution in [0, 0.1) is 0 Å². The molecular weight excluding hydrogens is 593 g/mol. The molecule has 0 aliphatic carbocycles. The summed E-state index contributed by atoms with van der Waals surface area (Å²) in [6, 6.07) is 0. The van der Waals surface area contributed by atoms with Crippen molar-refractivity contribution in [2.75, 3.05) is 26.4 Å². The van der Waals surface area contributed by atoms with E-state index in [1.54, 1.807) is 0 Å². The molecule has 0 aliphatic rings. The first-order valence-corrected chi connectivity index (χ1v) is 17.6.